The number of morpholine rings is 1. The molecule has 0 bridgehead atoms. The maximum Gasteiger partial charge on any atom is 0.409 e. The normalized spacial score (nSPS) is 18.3. The summed E-state index contributed by atoms with van der Waals surface area (Å²) < 4.78 is 39.7. The van der Waals surface area contributed by atoms with Crippen LogP contribution in [0.4, 0.5) is 36.5 Å². The number of carbonyl (C=O) groups is 1. The number of benzene rings is 1. The van der Waals surface area contributed by atoms with E-state index in [0.717, 1.165) is 24.8 Å². The zero-order chi connectivity index (χ0) is 26.1. The van der Waals surface area contributed by atoms with Gasteiger partial charge < -0.3 is 29.5 Å². The molecular weight excluding hydrogens is 482 g/mol. The predicted molar refractivity (Wildman–Crippen MR) is 138 cm³/mol. The summed E-state index contributed by atoms with van der Waals surface area (Å²) >= 11 is 0. The van der Waals surface area contributed by atoms with E-state index in [1.54, 1.807) is 17.3 Å². The minimum atomic E-state index is -0.696. The van der Waals surface area contributed by atoms with Crippen LogP contribution < -0.4 is 15.1 Å². The van der Waals surface area contributed by atoms with Crippen molar-refractivity contribution in [1.29, 1.82) is 0 Å². The lowest BCUT2D eigenvalue weighted by Gasteiger charge is -2.40. The van der Waals surface area contributed by atoms with E-state index in [1.165, 1.54) is 13.2 Å². The maximum atomic E-state index is 15.1. The number of halogens is 2. The lowest BCUT2D eigenvalue weighted by molar-refractivity contribution is 0.103. The Morgan fingerprint density at radius 1 is 1.11 bits per heavy atom. The Morgan fingerprint density at radius 3 is 2.62 bits per heavy atom. The molecule has 1 aromatic carbocycles. The van der Waals surface area contributed by atoms with Gasteiger partial charge in [0.05, 0.1) is 60.7 Å². The third kappa shape index (κ3) is 4.95. The third-order valence-corrected chi connectivity index (χ3v) is 6.93. The van der Waals surface area contributed by atoms with Gasteiger partial charge >= 0.3 is 6.09 Å². The number of hydrogen-bond donors (Lipinski definition) is 1. The van der Waals surface area contributed by atoms with Crippen LogP contribution in [0.1, 0.15) is 12.5 Å². The lowest BCUT2D eigenvalue weighted by Crippen LogP contribution is -2.54. The fraction of sp³-hybridized carbons (Fsp3) is 0.423. The molecule has 2 aliphatic rings. The quantitative estimate of drug-likeness (QED) is 0.560. The second-order valence-electron chi connectivity index (χ2n) is 9.33. The molecule has 196 valence electrons. The molecule has 2 aliphatic heterocycles. The molecule has 4 heterocycles. The summed E-state index contributed by atoms with van der Waals surface area (Å²) in [5.74, 6) is -0.785. The molecule has 0 radical (unpaired) electrons. The number of amides is 1. The zero-order valence-electron chi connectivity index (χ0n) is 21.1. The minimum Gasteiger partial charge on any atom is -0.453 e. The highest BCUT2D eigenvalue weighted by Crippen LogP contribution is 2.37. The molecule has 3 aromatic rings. The summed E-state index contributed by atoms with van der Waals surface area (Å²) in [6.07, 6.45) is 3.08. The van der Waals surface area contributed by atoms with Gasteiger partial charge in [-0.1, -0.05) is 0 Å². The summed E-state index contributed by atoms with van der Waals surface area (Å²) in [5, 5.41) is 3.56. The molecule has 9 nitrogen and oxygen atoms in total. The van der Waals surface area contributed by atoms with Gasteiger partial charge in [0.2, 0.25) is 0 Å². The number of methoxy groups -OCH3 is 1. The van der Waals surface area contributed by atoms with E-state index in [-0.39, 0.29) is 23.0 Å². The molecule has 11 heteroatoms. The number of nitrogens with one attached hydrogen (secondary N) is 1. The van der Waals surface area contributed by atoms with Crippen molar-refractivity contribution in [2.24, 2.45) is 0 Å². The summed E-state index contributed by atoms with van der Waals surface area (Å²) in [4.78, 5) is 27.0. The average Bonchev–Trinajstić information content (AvgIpc) is 2.90. The third-order valence-electron chi connectivity index (χ3n) is 6.93. The number of carbonyl (C=O) groups excluding carboxylic acids is 1. The van der Waals surface area contributed by atoms with E-state index in [0.29, 0.717) is 55.6 Å². The molecule has 2 fully saturated rings. The summed E-state index contributed by atoms with van der Waals surface area (Å²) in [6, 6.07) is 3.94. The van der Waals surface area contributed by atoms with Gasteiger partial charge in [-0.3, -0.25) is 4.98 Å². The summed E-state index contributed by atoms with van der Waals surface area (Å²) in [7, 11) is 1.36. The molecule has 0 unspecified atom stereocenters. The molecule has 1 atom stereocenters. The number of hydrogen-bond acceptors (Lipinski definition) is 8. The first-order valence-corrected chi connectivity index (χ1v) is 12.3. The number of aromatic nitrogens is 2. The Kier molecular flexibility index (Phi) is 6.96. The number of fused-ring (bicyclic) bond motifs is 1. The van der Waals surface area contributed by atoms with Crippen molar-refractivity contribution < 1.29 is 23.0 Å². The first kappa shape index (κ1) is 24.9. The highest BCUT2D eigenvalue weighted by molar-refractivity contribution is 5.97. The highest BCUT2D eigenvalue weighted by atomic mass is 19.1. The van der Waals surface area contributed by atoms with Gasteiger partial charge in [0.25, 0.3) is 0 Å². The number of nitrogens with zero attached hydrogens (tertiary/aromatic N) is 5. The van der Waals surface area contributed by atoms with Gasteiger partial charge in [-0.15, -0.1) is 0 Å². The first-order chi connectivity index (χ1) is 17.9. The summed E-state index contributed by atoms with van der Waals surface area (Å²) in [5.41, 5.74) is 3.04. The molecule has 2 aromatic heterocycles. The van der Waals surface area contributed by atoms with Crippen LogP contribution in [0.25, 0.3) is 10.9 Å². The van der Waals surface area contributed by atoms with Crippen LogP contribution in [0, 0.1) is 18.6 Å². The van der Waals surface area contributed by atoms with Crippen molar-refractivity contribution in [3.05, 3.63) is 47.8 Å². The molecular formula is C26H30F2N6O3. The molecule has 0 aliphatic carbocycles. The van der Waals surface area contributed by atoms with Crippen molar-refractivity contribution in [3.63, 3.8) is 0 Å². The van der Waals surface area contributed by atoms with Crippen molar-refractivity contribution >= 4 is 39.9 Å². The van der Waals surface area contributed by atoms with Gasteiger partial charge in [0.15, 0.2) is 0 Å². The Balaban J connectivity index is 1.54. The standard InChI is InChI=1S/C26H30F2N6O3/c1-16-15-33(4-5-34(16)26(35)36-3)25-17(2)24(23-21(28)10-18(27)11-22(23)31-25)30-19-12-20(14-29-13-19)32-6-8-37-9-7-32/h10-14,16H,4-9,15H2,1-3H3,(H,30,31)/t16-/m1/s1. The van der Waals surface area contributed by atoms with E-state index in [1.807, 2.05) is 24.8 Å². The van der Waals surface area contributed by atoms with E-state index in [9.17, 15) is 9.18 Å². The summed E-state index contributed by atoms with van der Waals surface area (Å²) in [6.45, 7) is 8.06. The first-order valence-electron chi connectivity index (χ1n) is 12.3. The second kappa shape index (κ2) is 10.3. The van der Waals surface area contributed by atoms with Crippen molar-refractivity contribution in [3.8, 4) is 0 Å². The zero-order valence-corrected chi connectivity index (χ0v) is 21.1. The Bertz CT molecular complexity index is 1320. The second-order valence-corrected chi connectivity index (χ2v) is 9.33. The molecule has 1 N–H and O–H groups in total. The fourth-order valence-corrected chi connectivity index (χ4v) is 5.03. The number of piperazine rings is 1. The molecule has 37 heavy (non-hydrogen) atoms. The van der Waals surface area contributed by atoms with Gasteiger partial charge in [-0.2, -0.15) is 0 Å². The molecule has 5 rings (SSSR count). The Hall–Kier alpha value is -3.73. The smallest absolute Gasteiger partial charge is 0.409 e. The molecule has 0 saturated carbocycles. The SMILES string of the molecule is COC(=O)N1CCN(c2nc3cc(F)cc(F)c3c(Nc3cncc(N4CCOCC4)c3)c2C)C[C@H]1C. The minimum absolute atomic E-state index is 0.131. The molecule has 0 spiro atoms. The Morgan fingerprint density at radius 2 is 1.89 bits per heavy atom. The van der Waals surface area contributed by atoms with Crippen molar-refractivity contribution in [2.45, 2.75) is 19.9 Å². The van der Waals surface area contributed by atoms with E-state index < -0.39 is 11.6 Å². The van der Waals surface area contributed by atoms with Crippen LogP contribution in [-0.2, 0) is 9.47 Å². The van der Waals surface area contributed by atoms with Crippen LogP contribution in [0.5, 0.6) is 0 Å². The topological polar surface area (TPSA) is 83.1 Å². The van der Waals surface area contributed by atoms with Gasteiger partial charge in [-0.25, -0.2) is 18.6 Å². The van der Waals surface area contributed by atoms with Gasteiger partial charge in [0.1, 0.15) is 17.5 Å². The van der Waals surface area contributed by atoms with Crippen LogP contribution in [-0.4, -0.2) is 80.1 Å². The van der Waals surface area contributed by atoms with Gasteiger partial charge in [0, 0.05) is 56.5 Å². The molecule has 1 amide bonds. The van der Waals surface area contributed by atoms with Crippen LogP contribution in [0.15, 0.2) is 30.6 Å². The Labute approximate surface area is 214 Å². The number of ether oxygens (including phenoxy) is 2. The van der Waals surface area contributed by atoms with Crippen molar-refractivity contribution in [1.82, 2.24) is 14.9 Å². The lowest BCUT2D eigenvalue weighted by atomic mass is 10.1. The number of rotatable bonds is 4. The van der Waals surface area contributed by atoms with Crippen LogP contribution >= 0.6 is 0 Å². The van der Waals surface area contributed by atoms with E-state index in [2.05, 4.69) is 20.2 Å². The highest BCUT2D eigenvalue weighted by Gasteiger charge is 2.30. The van der Waals surface area contributed by atoms with Crippen LogP contribution in [0.3, 0.4) is 0 Å². The average molecular weight is 513 g/mol. The van der Waals surface area contributed by atoms with Crippen molar-refractivity contribution in [2.75, 3.05) is 68.2 Å². The number of pyridine rings is 2. The maximum absolute atomic E-state index is 15.1. The monoisotopic (exact) mass is 512 g/mol. The fourth-order valence-electron chi connectivity index (χ4n) is 5.03. The largest absolute Gasteiger partial charge is 0.453 e. The molecule has 2 saturated heterocycles. The number of anilines is 4. The van der Waals surface area contributed by atoms with Crippen LogP contribution in [0.2, 0.25) is 0 Å². The van der Waals surface area contributed by atoms with E-state index in [4.69, 9.17) is 9.47 Å². The van der Waals surface area contributed by atoms with Gasteiger partial charge in [-0.05, 0) is 19.9 Å². The van der Waals surface area contributed by atoms with E-state index >= 15 is 4.39 Å². The predicted octanol–water partition coefficient (Wildman–Crippen LogP) is 4.07.